The number of carbonyl (C=O) groups is 2. The van der Waals surface area contributed by atoms with Gasteiger partial charge in [0.2, 0.25) is 0 Å². The van der Waals surface area contributed by atoms with Gasteiger partial charge in [0.25, 0.3) is 0 Å². The van der Waals surface area contributed by atoms with Crippen molar-refractivity contribution in [1.29, 1.82) is 0 Å². The fraction of sp³-hybridized carbons (Fsp3) is 0.133. The molecule has 1 heterocycles. The molecule has 0 bridgehead atoms. The molecule has 2 aromatic rings. The van der Waals surface area contributed by atoms with Gasteiger partial charge < -0.3 is 9.84 Å². The Labute approximate surface area is 115 Å². The highest BCUT2D eigenvalue weighted by atomic mass is 16.5. The summed E-state index contributed by atoms with van der Waals surface area (Å²) >= 11 is 0. The summed E-state index contributed by atoms with van der Waals surface area (Å²) in [6.07, 6.45) is 2.83. The van der Waals surface area contributed by atoms with Crippen LogP contribution >= 0.6 is 0 Å². The largest absolute Gasteiger partial charge is 0.478 e. The van der Waals surface area contributed by atoms with Crippen LogP contribution in [0.5, 0.6) is 0 Å². The number of aromatic carboxylic acids is 1. The highest BCUT2D eigenvalue weighted by Crippen LogP contribution is 2.23. The zero-order valence-corrected chi connectivity index (χ0v) is 10.9. The maximum absolute atomic E-state index is 11.5. The Bertz CT molecular complexity index is 635. The molecule has 20 heavy (non-hydrogen) atoms. The van der Waals surface area contributed by atoms with Gasteiger partial charge in [0.1, 0.15) is 0 Å². The molecular formula is C15H13NO4. The van der Waals surface area contributed by atoms with Gasteiger partial charge in [0.15, 0.2) is 0 Å². The molecule has 0 aliphatic heterocycles. The Balaban J connectivity index is 2.36. The number of benzene rings is 1. The number of pyridine rings is 1. The first kappa shape index (κ1) is 13.7. The first-order valence-corrected chi connectivity index (χ1v) is 6.08. The lowest BCUT2D eigenvalue weighted by Crippen LogP contribution is -2.04. The van der Waals surface area contributed by atoms with E-state index >= 15 is 0 Å². The molecule has 5 heteroatoms. The first-order chi connectivity index (χ1) is 9.63. The van der Waals surface area contributed by atoms with Crippen LogP contribution in [0.15, 0.2) is 42.7 Å². The summed E-state index contributed by atoms with van der Waals surface area (Å²) in [6, 6.07) is 8.23. The number of hydrogen-bond acceptors (Lipinski definition) is 4. The molecule has 2 rings (SSSR count). The number of ether oxygens (including phenoxy) is 1. The zero-order valence-electron chi connectivity index (χ0n) is 10.9. The maximum atomic E-state index is 11.5. The summed E-state index contributed by atoms with van der Waals surface area (Å²) in [5, 5.41) is 9.13. The van der Waals surface area contributed by atoms with E-state index in [1.54, 1.807) is 37.3 Å². The molecule has 0 spiro atoms. The van der Waals surface area contributed by atoms with Crippen LogP contribution in [0.2, 0.25) is 0 Å². The van der Waals surface area contributed by atoms with Crippen molar-refractivity contribution in [3.05, 3.63) is 53.9 Å². The molecule has 1 aromatic carbocycles. The van der Waals surface area contributed by atoms with E-state index < -0.39 is 11.9 Å². The number of hydrogen-bond donors (Lipinski definition) is 1. The highest BCUT2D eigenvalue weighted by molar-refractivity contribution is 5.96. The molecule has 0 aliphatic rings. The molecule has 1 aromatic heterocycles. The van der Waals surface area contributed by atoms with E-state index in [-0.39, 0.29) is 5.56 Å². The minimum absolute atomic E-state index is 0.122. The summed E-state index contributed by atoms with van der Waals surface area (Å²) in [4.78, 5) is 26.5. The van der Waals surface area contributed by atoms with Crippen LogP contribution in [0, 0.1) is 0 Å². The Kier molecular flexibility index (Phi) is 4.10. The van der Waals surface area contributed by atoms with Gasteiger partial charge in [-0.1, -0.05) is 12.1 Å². The van der Waals surface area contributed by atoms with Crippen molar-refractivity contribution in [2.45, 2.75) is 6.92 Å². The number of carboxylic acids is 1. The minimum atomic E-state index is -1.04. The molecule has 0 radical (unpaired) electrons. The number of carbonyl (C=O) groups excluding carboxylic acids is 1. The van der Waals surface area contributed by atoms with E-state index in [1.165, 1.54) is 12.4 Å². The van der Waals surface area contributed by atoms with Crippen LogP contribution in [0.1, 0.15) is 27.6 Å². The van der Waals surface area contributed by atoms with Crippen molar-refractivity contribution < 1.29 is 19.4 Å². The number of aromatic nitrogens is 1. The van der Waals surface area contributed by atoms with E-state index in [1.807, 2.05) is 0 Å². The number of rotatable bonds is 4. The molecule has 0 unspecified atom stereocenters. The van der Waals surface area contributed by atoms with Crippen molar-refractivity contribution in [2.24, 2.45) is 0 Å². The third-order valence-electron chi connectivity index (χ3n) is 2.76. The smallest absolute Gasteiger partial charge is 0.338 e. The first-order valence-electron chi connectivity index (χ1n) is 6.08. The van der Waals surface area contributed by atoms with Gasteiger partial charge >= 0.3 is 11.9 Å². The number of nitrogens with zero attached hydrogens (tertiary/aromatic N) is 1. The fourth-order valence-corrected chi connectivity index (χ4v) is 1.82. The second kappa shape index (κ2) is 5.97. The van der Waals surface area contributed by atoms with Crippen LogP contribution < -0.4 is 0 Å². The molecule has 0 saturated carbocycles. The van der Waals surface area contributed by atoms with E-state index in [9.17, 15) is 9.59 Å². The third-order valence-corrected chi connectivity index (χ3v) is 2.76. The summed E-state index contributed by atoms with van der Waals surface area (Å²) in [5.41, 5.74) is 1.82. The van der Waals surface area contributed by atoms with Crippen LogP contribution in [0.3, 0.4) is 0 Å². The lowest BCUT2D eigenvalue weighted by Gasteiger charge is -2.07. The predicted molar refractivity (Wildman–Crippen MR) is 72.6 cm³/mol. The van der Waals surface area contributed by atoms with Gasteiger partial charge in [-0.3, -0.25) is 4.98 Å². The zero-order chi connectivity index (χ0) is 14.5. The van der Waals surface area contributed by atoms with E-state index in [2.05, 4.69) is 4.98 Å². The van der Waals surface area contributed by atoms with Crippen molar-refractivity contribution in [1.82, 2.24) is 4.98 Å². The Morgan fingerprint density at radius 2 is 1.90 bits per heavy atom. The van der Waals surface area contributed by atoms with Gasteiger partial charge in [0, 0.05) is 12.4 Å². The minimum Gasteiger partial charge on any atom is -0.478 e. The summed E-state index contributed by atoms with van der Waals surface area (Å²) < 4.78 is 4.89. The average Bonchev–Trinajstić information content (AvgIpc) is 2.47. The molecule has 0 amide bonds. The molecule has 0 atom stereocenters. The Morgan fingerprint density at radius 3 is 2.50 bits per heavy atom. The quantitative estimate of drug-likeness (QED) is 0.865. The predicted octanol–water partition coefficient (Wildman–Crippen LogP) is 2.62. The Morgan fingerprint density at radius 1 is 1.20 bits per heavy atom. The van der Waals surface area contributed by atoms with Gasteiger partial charge in [-0.2, -0.15) is 0 Å². The fourth-order valence-electron chi connectivity index (χ4n) is 1.82. The molecular weight excluding hydrogens is 258 g/mol. The van der Waals surface area contributed by atoms with Crippen LogP contribution in [-0.2, 0) is 4.74 Å². The van der Waals surface area contributed by atoms with Crippen LogP contribution in [0.25, 0.3) is 11.1 Å². The molecule has 1 N–H and O–H groups in total. The van der Waals surface area contributed by atoms with E-state index in [0.717, 1.165) is 0 Å². The van der Waals surface area contributed by atoms with Crippen molar-refractivity contribution in [3.63, 3.8) is 0 Å². The highest BCUT2D eigenvalue weighted by Gasteiger charge is 2.12. The monoisotopic (exact) mass is 271 g/mol. The summed E-state index contributed by atoms with van der Waals surface area (Å²) in [7, 11) is 0. The van der Waals surface area contributed by atoms with Crippen LogP contribution in [0.4, 0.5) is 0 Å². The number of carboxylic acid groups (broad SMARTS) is 1. The molecule has 102 valence electrons. The maximum Gasteiger partial charge on any atom is 0.338 e. The Hall–Kier alpha value is -2.69. The lowest BCUT2D eigenvalue weighted by molar-refractivity contribution is 0.0525. The van der Waals surface area contributed by atoms with Crippen molar-refractivity contribution >= 4 is 11.9 Å². The average molecular weight is 271 g/mol. The molecule has 5 nitrogen and oxygen atoms in total. The lowest BCUT2D eigenvalue weighted by atomic mass is 10.0. The summed E-state index contributed by atoms with van der Waals surface area (Å²) in [5.74, 6) is -1.44. The normalized spacial score (nSPS) is 10.1. The third kappa shape index (κ3) is 2.83. The summed E-state index contributed by atoms with van der Waals surface area (Å²) in [6.45, 7) is 2.05. The van der Waals surface area contributed by atoms with Gasteiger partial charge in [-0.25, -0.2) is 9.59 Å². The molecule has 0 aliphatic carbocycles. The van der Waals surface area contributed by atoms with Crippen molar-refractivity contribution in [3.8, 4) is 11.1 Å². The second-order valence-electron chi connectivity index (χ2n) is 4.02. The van der Waals surface area contributed by atoms with Gasteiger partial charge in [-0.05, 0) is 36.2 Å². The van der Waals surface area contributed by atoms with E-state index in [0.29, 0.717) is 23.3 Å². The SMILES string of the molecule is CCOC(=O)c1ccc(-c2ccncc2C(=O)O)cc1. The van der Waals surface area contributed by atoms with Crippen molar-refractivity contribution in [2.75, 3.05) is 6.61 Å². The topological polar surface area (TPSA) is 76.5 Å². The second-order valence-corrected chi connectivity index (χ2v) is 4.02. The van der Waals surface area contributed by atoms with E-state index in [4.69, 9.17) is 9.84 Å². The number of esters is 1. The van der Waals surface area contributed by atoms with Gasteiger partial charge in [0.05, 0.1) is 17.7 Å². The molecule has 0 fully saturated rings. The molecule has 0 saturated heterocycles. The van der Waals surface area contributed by atoms with Gasteiger partial charge in [-0.15, -0.1) is 0 Å². The standard InChI is InChI=1S/C15H13NO4/c1-2-20-15(19)11-5-3-10(4-6-11)12-7-8-16-9-13(12)14(17)18/h3-9H,2H2,1H3,(H,17,18). The van der Waals surface area contributed by atoms with Crippen LogP contribution in [-0.4, -0.2) is 28.6 Å².